The molecule has 1 fully saturated rings. The third-order valence-electron chi connectivity index (χ3n) is 4.92. The van der Waals surface area contributed by atoms with Crippen molar-refractivity contribution in [3.63, 3.8) is 0 Å². The van der Waals surface area contributed by atoms with Crippen LogP contribution in [0.15, 0.2) is 42.5 Å². The smallest absolute Gasteiger partial charge is 0.266 e. The molecule has 1 saturated heterocycles. The first-order valence-electron chi connectivity index (χ1n) is 9.08. The normalized spacial score (nSPS) is 16.9. The number of rotatable bonds is 4. The van der Waals surface area contributed by atoms with E-state index in [0.717, 1.165) is 18.4 Å². The number of benzene rings is 2. The number of hydrogen-bond acceptors (Lipinski definition) is 3. The van der Waals surface area contributed by atoms with E-state index >= 15 is 0 Å². The number of nitrogens with zero attached hydrogens (tertiary/aromatic N) is 2. The van der Waals surface area contributed by atoms with Gasteiger partial charge in [0.1, 0.15) is 11.8 Å². The molecule has 1 aliphatic heterocycles. The Labute approximate surface area is 165 Å². The Bertz CT molecular complexity index is 884. The minimum Gasteiger partial charge on any atom is -0.477 e. The molecule has 1 unspecified atom stereocenters. The van der Waals surface area contributed by atoms with Gasteiger partial charge < -0.3 is 9.64 Å². The Morgan fingerprint density at radius 3 is 2.63 bits per heavy atom. The summed E-state index contributed by atoms with van der Waals surface area (Å²) in [6.07, 6.45) is 1.90. The molecule has 140 valence electrons. The lowest BCUT2D eigenvalue weighted by atomic mass is 10.0. The monoisotopic (exact) mass is 382 g/mol. The van der Waals surface area contributed by atoms with Gasteiger partial charge in [0, 0.05) is 11.6 Å². The molecule has 0 N–H and O–H groups in total. The fourth-order valence-corrected chi connectivity index (χ4v) is 3.66. The highest BCUT2D eigenvalue weighted by molar-refractivity contribution is 6.30. The lowest BCUT2D eigenvalue weighted by Crippen LogP contribution is -2.48. The summed E-state index contributed by atoms with van der Waals surface area (Å²) >= 11 is 5.95. The average Bonchev–Trinajstić information content (AvgIpc) is 3.12. The minimum atomic E-state index is -1.09. The standard InChI is InChI=1S/C22H23ClN2O2/c1-15-6-8-16(9-7-15)19-5-4-12-25(19)21(26)22(2,3)27-20-11-10-18(23)13-17(20)14-24/h6-11,13,19H,4-5,12H2,1-3H3. The number of ether oxygens (including phenoxy) is 1. The van der Waals surface area contributed by atoms with Crippen LogP contribution in [0.3, 0.4) is 0 Å². The van der Waals surface area contributed by atoms with Gasteiger partial charge >= 0.3 is 0 Å². The van der Waals surface area contributed by atoms with Crippen molar-refractivity contribution in [3.05, 3.63) is 64.2 Å². The van der Waals surface area contributed by atoms with Crippen molar-refractivity contribution in [1.82, 2.24) is 4.90 Å². The maximum atomic E-state index is 13.3. The first kappa shape index (κ1) is 19.3. The lowest BCUT2D eigenvalue weighted by molar-refractivity contribution is -0.146. The van der Waals surface area contributed by atoms with E-state index < -0.39 is 5.60 Å². The summed E-state index contributed by atoms with van der Waals surface area (Å²) < 4.78 is 5.98. The Hall–Kier alpha value is -2.51. The molecule has 27 heavy (non-hydrogen) atoms. The minimum absolute atomic E-state index is 0.0571. The van der Waals surface area contributed by atoms with Gasteiger partial charge in [0.05, 0.1) is 11.6 Å². The van der Waals surface area contributed by atoms with Crippen molar-refractivity contribution < 1.29 is 9.53 Å². The zero-order valence-corrected chi connectivity index (χ0v) is 16.6. The van der Waals surface area contributed by atoms with Crippen LogP contribution in [-0.2, 0) is 4.79 Å². The zero-order chi connectivity index (χ0) is 19.6. The van der Waals surface area contributed by atoms with Crippen LogP contribution in [0.25, 0.3) is 0 Å². The molecule has 0 saturated carbocycles. The van der Waals surface area contributed by atoms with E-state index in [-0.39, 0.29) is 11.9 Å². The average molecular weight is 383 g/mol. The zero-order valence-electron chi connectivity index (χ0n) is 15.8. The number of nitriles is 1. The van der Waals surface area contributed by atoms with Crippen molar-refractivity contribution in [2.75, 3.05) is 6.54 Å². The molecule has 3 rings (SSSR count). The summed E-state index contributed by atoms with van der Waals surface area (Å²) in [5.41, 5.74) is 1.57. The maximum Gasteiger partial charge on any atom is 0.266 e. The van der Waals surface area contributed by atoms with Crippen LogP contribution < -0.4 is 4.74 Å². The molecule has 4 nitrogen and oxygen atoms in total. The molecule has 2 aromatic rings. The van der Waals surface area contributed by atoms with E-state index in [1.807, 2.05) is 4.90 Å². The van der Waals surface area contributed by atoms with E-state index in [1.165, 1.54) is 5.56 Å². The molecule has 2 aromatic carbocycles. The highest BCUT2D eigenvalue weighted by Gasteiger charge is 2.40. The van der Waals surface area contributed by atoms with Crippen LogP contribution in [-0.4, -0.2) is 23.0 Å². The van der Waals surface area contributed by atoms with Crippen molar-refractivity contribution in [2.24, 2.45) is 0 Å². The van der Waals surface area contributed by atoms with Crippen LogP contribution in [0.5, 0.6) is 5.75 Å². The molecule has 0 aromatic heterocycles. The Kier molecular flexibility index (Phi) is 5.43. The van der Waals surface area contributed by atoms with Crippen molar-refractivity contribution in [3.8, 4) is 11.8 Å². The number of carbonyl (C=O) groups is 1. The molecule has 0 radical (unpaired) electrons. The highest BCUT2D eigenvalue weighted by atomic mass is 35.5. The highest BCUT2D eigenvalue weighted by Crippen LogP contribution is 2.35. The van der Waals surface area contributed by atoms with Gasteiger partial charge in [-0.3, -0.25) is 4.79 Å². The predicted octanol–water partition coefficient (Wildman–Crippen LogP) is 5.04. The van der Waals surface area contributed by atoms with Crippen LogP contribution >= 0.6 is 11.6 Å². The van der Waals surface area contributed by atoms with Crippen LogP contribution in [0.2, 0.25) is 5.02 Å². The number of carbonyl (C=O) groups excluding carboxylic acids is 1. The van der Waals surface area contributed by atoms with Crippen LogP contribution in [0, 0.1) is 18.3 Å². The van der Waals surface area contributed by atoms with E-state index in [4.69, 9.17) is 16.3 Å². The second kappa shape index (κ2) is 7.62. The topological polar surface area (TPSA) is 53.3 Å². The molecule has 5 heteroatoms. The quantitative estimate of drug-likeness (QED) is 0.744. The van der Waals surface area contributed by atoms with Gasteiger partial charge in [0.2, 0.25) is 0 Å². The lowest BCUT2D eigenvalue weighted by Gasteiger charge is -2.34. The molecular formula is C22H23ClN2O2. The third-order valence-corrected chi connectivity index (χ3v) is 5.15. The Morgan fingerprint density at radius 2 is 1.96 bits per heavy atom. The van der Waals surface area contributed by atoms with Crippen LogP contribution in [0.4, 0.5) is 0 Å². The molecule has 1 heterocycles. The molecule has 1 aliphatic rings. The third kappa shape index (κ3) is 4.09. The van der Waals surface area contributed by atoms with Gasteiger partial charge in [0.15, 0.2) is 5.60 Å². The van der Waals surface area contributed by atoms with Gasteiger partial charge in [-0.15, -0.1) is 0 Å². The van der Waals surface area contributed by atoms with E-state index in [1.54, 1.807) is 32.0 Å². The van der Waals surface area contributed by atoms with Crippen molar-refractivity contribution in [2.45, 2.75) is 45.3 Å². The van der Waals surface area contributed by atoms with Gasteiger partial charge in [-0.1, -0.05) is 41.4 Å². The van der Waals surface area contributed by atoms with E-state index in [9.17, 15) is 10.1 Å². The van der Waals surface area contributed by atoms with Gasteiger partial charge in [0.25, 0.3) is 5.91 Å². The van der Waals surface area contributed by atoms with Crippen molar-refractivity contribution >= 4 is 17.5 Å². The first-order chi connectivity index (χ1) is 12.8. The largest absolute Gasteiger partial charge is 0.477 e. The summed E-state index contributed by atoms with van der Waals surface area (Å²) in [5.74, 6) is 0.288. The van der Waals surface area contributed by atoms with Crippen molar-refractivity contribution in [1.29, 1.82) is 5.26 Å². The summed E-state index contributed by atoms with van der Waals surface area (Å²) in [6.45, 7) is 6.25. The summed E-state index contributed by atoms with van der Waals surface area (Å²) in [4.78, 5) is 15.2. The Morgan fingerprint density at radius 1 is 1.26 bits per heavy atom. The summed E-state index contributed by atoms with van der Waals surface area (Å²) in [7, 11) is 0. The number of aryl methyl sites for hydroxylation is 1. The van der Waals surface area contributed by atoms with E-state index in [0.29, 0.717) is 22.9 Å². The predicted molar refractivity (Wildman–Crippen MR) is 106 cm³/mol. The summed E-state index contributed by atoms with van der Waals surface area (Å²) in [6, 6.07) is 15.3. The number of likely N-dealkylation sites (tertiary alicyclic amines) is 1. The fraction of sp³-hybridized carbons (Fsp3) is 0.364. The molecule has 1 atom stereocenters. The van der Waals surface area contributed by atoms with Gasteiger partial charge in [-0.05, 0) is 57.4 Å². The molecule has 0 spiro atoms. The van der Waals surface area contributed by atoms with Gasteiger partial charge in [-0.2, -0.15) is 5.26 Å². The second-order valence-corrected chi connectivity index (χ2v) is 7.87. The molecular weight excluding hydrogens is 360 g/mol. The second-order valence-electron chi connectivity index (χ2n) is 7.43. The molecule has 1 amide bonds. The number of halogens is 1. The number of hydrogen-bond donors (Lipinski definition) is 0. The summed E-state index contributed by atoms with van der Waals surface area (Å²) in [5, 5.41) is 9.78. The molecule has 0 bridgehead atoms. The SMILES string of the molecule is Cc1ccc(C2CCCN2C(=O)C(C)(C)Oc2ccc(Cl)cc2C#N)cc1. The van der Waals surface area contributed by atoms with Gasteiger partial charge in [-0.25, -0.2) is 0 Å². The molecule has 0 aliphatic carbocycles. The Balaban J connectivity index is 1.83. The maximum absolute atomic E-state index is 13.3. The van der Waals surface area contributed by atoms with Crippen LogP contribution in [0.1, 0.15) is 49.4 Å². The first-order valence-corrected chi connectivity index (χ1v) is 9.46. The fourth-order valence-electron chi connectivity index (χ4n) is 3.49. The van der Waals surface area contributed by atoms with E-state index in [2.05, 4.69) is 37.3 Å². The number of amides is 1.